The van der Waals surface area contributed by atoms with Crippen molar-refractivity contribution in [3.05, 3.63) is 71.0 Å². The summed E-state index contributed by atoms with van der Waals surface area (Å²) in [5, 5.41) is 25.4. The molecule has 2 aromatic carbocycles. The zero-order valence-corrected chi connectivity index (χ0v) is 24.8. The third kappa shape index (κ3) is 10.5. The molecule has 1 saturated heterocycles. The zero-order valence-electron chi connectivity index (χ0n) is 24.8. The monoisotopic (exact) mass is 635 g/mol. The average Bonchev–Trinajstić information content (AvgIpc) is 3.41. The van der Waals surface area contributed by atoms with Crippen molar-refractivity contribution >= 4 is 23.8 Å². The van der Waals surface area contributed by atoms with Gasteiger partial charge in [0.05, 0.1) is 6.04 Å². The van der Waals surface area contributed by atoms with E-state index in [1.807, 2.05) is 30.3 Å². The van der Waals surface area contributed by atoms with Gasteiger partial charge in [0, 0.05) is 37.5 Å². The molecule has 5 atom stereocenters. The highest BCUT2D eigenvalue weighted by molar-refractivity contribution is 5.88. The van der Waals surface area contributed by atoms with Gasteiger partial charge in [0.1, 0.15) is 17.9 Å². The largest absolute Gasteiger partial charge is 0.480 e. The van der Waals surface area contributed by atoms with Crippen LogP contribution in [0.4, 0.5) is 13.2 Å². The van der Waals surface area contributed by atoms with Crippen LogP contribution in [-0.2, 0) is 32.0 Å². The van der Waals surface area contributed by atoms with E-state index in [2.05, 4.69) is 10.6 Å². The average molecular weight is 636 g/mol. The van der Waals surface area contributed by atoms with Crippen LogP contribution in [0.25, 0.3) is 0 Å². The fourth-order valence-corrected chi connectivity index (χ4v) is 5.47. The number of aryl methyl sites for hydroxylation is 1. The molecule has 3 rings (SSSR count). The highest BCUT2D eigenvalue weighted by atomic mass is 19.2. The van der Waals surface area contributed by atoms with E-state index in [1.165, 1.54) is 0 Å². The number of halogens is 3. The third-order valence-corrected chi connectivity index (χ3v) is 7.76. The van der Waals surface area contributed by atoms with Crippen LogP contribution < -0.4 is 22.1 Å². The quantitative estimate of drug-likeness (QED) is 0.111. The Bertz CT molecular complexity index is 1330. The highest BCUT2D eigenvalue weighted by Gasteiger charge is 2.42. The predicted molar refractivity (Wildman–Crippen MR) is 158 cm³/mol. The predicted octanol–water partition coefficient (Wildman–Crippen LogP) is 1.71. The Balaban J connectivity index is 1.66. The Morgan fingerprint density at radius 1 is 0.956 bits per heavy atom. The standard InChI is InChI=1S/C31H40F3N5O6/c32-22-16-24(34)23(33)13-19(22)12-20(36)14-28(40)37-21-15-27(31(44)45)39(17-21)29(41)25(8-4-5-11-35)38-26(30(42)43)10-9-18-6-2-1-3-7-18/h1-3,6-7,13,16,20-21,25-27,38H,4-5,8-12,14-15,17,35-36H2,(H,37,40)(H,42,43)(H,44,45)/t20-,21+,25+,26+,27+/m1/s1. The molecule has 2 aromatic rings. The number of carbonyl (C=O) groups excluding carboxylic acids is 2. The lowest BCUT2D eigenvalue weighted by Crippen LogP contribution is -2.54. The minimum Gasteiger partial charge on any atom is -0.480 e. The van der Waals surface area contributed by atoms with E-state index in [-0.39, 0.29) is 44.2 Å². The maximum atomic E-state index is 14.0. The van der Waals surface area contributed by atoms with Gasteiger partial charge in [0.25, 0.3) is 0 Å². The molecule has 8 N–H and O–H groups in total. The lowest BCUT2D eigenvalue weighted by molar-refractivity contribution is -0.149. The molecule has 0 saturated carbocycles. The number of nitrogens with two attached hydrogens (primary N) is 2. The molecular formula is C31H40F3N5O6. The smallest absolute Gasteiger partial charge is 0.326 e. The van der Waals surface area contributed by atoms with Crippen molar-refractivity contribution in [3.8, 4) is 0 Å². The number of rotatable bonds is 17. The number of hydrogen-bond donors (Lipinski definition) is 6. The van der Waals surface area contributed by atoms with Crippen molar-refractivity contribution in [1.29, 1.82) is 0 Å². The summed E-state index contributed by atoms with van der Waals surface area (Å²) in [4.78, 5) is 51.8. The summed E-state index contributed by atoms with van der Waals surface area (Å²) in [7, 11) is 0. The molecule has 1 aliphatic heterocycles. The third-order valence-electron chi connectivity index (χ3n) is 7.76. The van der Waals surface area contributed by atoms with Crippen molar-refractivity contribution in [1.82, 2.24) is 15.5 Å². The zero-order chi connectivity index (χ0) is 33.1. The molecule has 0 bridgehead atoms. The number of carboxylic acid groups (broad SMARTS) is 2. The summed E-state index contributed by atoms with van der Waals surface area (Å²) in [5.74, 6) is -7.24. The van der Waals surface area contributed by atoms with Gasteiger partial charge in [0.15, 0.2) is 11.6 Å². The van der Waals surface area contributed by atoms with Crippen molar-refractivity contribution in [2.24, 2.45) is 11.5 Å². The van der Waals surface area contributed by atoms with Gasteiger partial charge in [0.2, 0.25) is 11.8 Å². The molecule has 0 spiro atoms. The Morgan fingerprint density at radius 2 is 1.64 bits per heavy atom. The van der Waals surface area contributed by atoms with E-state index in [0.29, 0.717) is 37.9 Å². The van der Waals surface area contributed by atoms with Crippen LogP contribution in [0.5, 0.6) is 0 Å². The van der Waals surface area contributed by atoms with Crippen molar-refractivity contribution < 1.29 is 42.6 Å². The SMILES string of the molecule is NCCCC[C@H](N[C@@H](CCc1ccccc1)C(=O)O)C(=O)N1C[C@@H](NC(=O)C[C@H](N)Cc2cc(F)c(F)cc2F)C[C@H]1C(=O)O. The number of nitrogens with one attached hydrogen (secondary N) is 2. The van der Waals surface area contributed by atoms with E-state index in [1.54, 1.807) is 0 Å². The number of carbonyl (C=O) groups is 4. The van der Waals surface area contributed by atoms with Crippen molar-refractivity contribution in [2.45, 2.75) is 81.6 Å². The molecule has 246 valence electrons. The molecule has 0 unspecified atom stereocenters. The fraction of sp³-hybridized carbons (Fsp3) is 0.484. The van der Waals surface area contributed by atoms with Gasteiger partial charge in [-0.15, -0.1) is 0 Å². The maximum Gasteiger partial charge on any atom is 0.326 e. The van der Waals surface area contributed by atoms with E-state index in [0.717, 1.165) is 10.5 Å². The summed E-state index contributed by atoms with van der Waals surface area (Å²) >= 11 is 0. The number of benzene rings is 2. The number of likely N-dealkylation sites (tertiary alicyclic amines) is 1. The van der Waals surface area contributed by atoms with Crippen LogP contribution in [-0.4, -0.2) is 82.2 Å². The van der Waals surface area contributed by atoms with Gasteiger partial charge in [-0.05, 0) is 55.8 Å². The van der Waals surface area contributed by atoms with Crippen molar-refractivity contribution in [2.75, 3.05) is 13.1 Å². The molecule has 0 aliphatic carbocycles. The van der Waals surface area contributed by atoms with Crippen LogP contribution in [0.2, 0.25) is 0 Å². The first-order chi connectivity index (χ1) is 21.4. The van der Waals surface area contributed by atoms with Gasteiger partial charge in [-0.1, -0.05) is 36.8 Å². The van der Waals surface area contributed by atoms with Crippen LogP contribution in [0.3, 0.4) is 0 Å². The number of aliphatic carboxylic acids is 2. The van der Waals surface area contributed by atoms with E-state index >= 15 is 0 Å². The lowest BCUT2D eigenvalue weighted by Gasteiger charge is -2.29. The number of carboxylic acids is 2. The van der Waals surface area contributed by atoms with Gasteiger partial charge >= 0.3 is 11.9 Å². The summed E-state index contributed by atoms with van der Waals surface area (Å²) in [5.41, 5.74) is 12.3. The van der Waals surface area contributed by atoms with Crippen LogP contribution in [0, 0.1) is 17.5 Å². The Labute approximate surface area is 259 Å². The first-order valence-corrected chi connectivity index (χ1v) is 14.8. The van der Waals surface area contributed by atoms with E-state index in [9.17, 15) is 42.6 Å². The number of unbranched alkanes of at least 4 members (excludes halogenated alkanes) is 1. The normalized spacial score (nSPS) is 18.3. The molecule has 2 amide bonds. The summed E-state index contributed by atoms with van der Waals surface area (Å²) in [6.45, 7) is 0.211. The maximum absolute atomic E-state index is 14.0. The van der Waals surface area contributed by atoms with Gasteiger partial charge in [-0.25, -0.2) is 18.0 Å². The molecule has 0 aromatic heterocycles. The molecule has 1 heterocycles. The fourth-order valence-electron chi connectivity index (χ4n) is 5.47. The van der Waals surface area contributed by atoms with Gasteiger partial charge in [-0.2, -0.15) is 0 Å². The number of hydrogen-bond acceptors (Lipinski definition) is 7. The molecule has 1 aliphatic rings. The lowest BCUT2D eigenvalue weighted by atomic mass is 10.0. The minimum absolute atomic E-state index is 0.105. The minimum atomic E-state index is -1.35. The second-order valence-electron chi connectivity index (χ2n) is 11.3. The van der Waals surface area contributed by atoms with Crippen LogP contribution in [0.1, 0.15) is 49.7 Å². The van der Waals surface area contributed by atoms with E-state index < -0.39 is 71.4 Å². The molecule has 45 heavy (non-hydrogen) atoms. The Hall–Kier alpha value is -4.01. The summed E-state index contributed by atoms with van der Waals surface area (Å²) in [6, 6.07) is 5.24. The summed E-state index contributed by atoms with van der Waals surface area (Å²) < 4.78 is 40.7. The molecule has 14 heteroatoms. The molecule has 1 fully saturated rings. The molecular weight excluding hydrogens is 595 g/mol. The second kappa shape index (κ2) is 16.9. The molecule has 11 nitrogen and oxygen atoms in total. The van der Waals surface area contributed by atoms with E-state index in [4.69, 9.17) is 11.5 Å². The first kappa shape index (κ1) is 35.5. The summed E-state index contributed by atoms with van der Waals surface area (Å²) in [6.07, 6.45) is 1.23. The van der Waals surface area contributed by atoms with Crippen LogP contribution in [0.15, 0.2) is 42.5 Å². The number of nitrogens with zero attached hydrogens (tertiary/aromatic N) is 1. The van der Waals surface area contributed by atoms with Crippen molar-refractivity contribution in [3.63, 3.8) is 0 Å². The van der Waals surface area contributed by atoms with Crippen LogP contribution >= 0.6 is 0 Å². The van der Waals surface area contributed by atoms with Gasteiger partial charge < -0.3 is 31.9 Å². The molecule has 0 radical (unpaired) electrons. The Kier molecular flexibility index (Phi) is 13.3. The highest BCUT2D eigenvalue weighted by Crippen LogP contribution is 2.22. The van der Waals surface area contributed by atoms with Gasteiger partial charge in [-0.3, -0.25) is 19.7 Å². The second-order valence-corrected chi connectivity index (χ2v) is 11.3. The number of amides is 2. The topological polar surface area (TPSA) is 188 Å². The Morgan fingerprint density at radius 3 is 2.29 bits per heavy atom. The first-order valence-electron chi connectivity index (χ1n) is 14.8.